The van der Waals surface area contributed by atoms with Gasteiger partial charge in [-0.15, -0.1) is 0 Å². The Morgan fingerprint density at radius 1 is 1.15 bits per heavy atom. The average Bonchev–Trinajstić information content (AvgIpc) is 3.22. The van der Waals surface area contributed by atoms with Crippen molar-refractivity contribution in [2.45, 2.75) is 26.3 Å². The molecule has 0 radical (unpaired) electrons. The first-order valence-electron chi connectivity index (χ1n) is 10.6. The summed E-state index contributed by atoms with van der Waals surface area (Å²) in [5.74, 6) is -0.137. The molecule has 4 aromatic rings. The fourth-order valence-electron chi connectivity index (χ4n) is 3.78. The van der Waals surface area contributed by atoms with Gasteiger partial charge in [-0.2, -0.15) is 0 Å². The van der Waals surface area contributed by atoms with E-state index in [2.05, 4.69) is 29.1 Å². The van der Waals surface area contributed by atoms with Gasteiger partial charge in [0.1, 0.15) is 5.69 Å². The first-order chi connectivity index (χ1) is 15.8. The molecule has 2 aromatic carbocycles. The van der Waals surface area contributed by atoms with Gasteiger partial charge in [-0.05, 0) is 59.5 Å². The minimum Gasteiger partial charge on any atom is -0.350 e. The molecule has 0 aliphatic heterocycles. The molecule has 33 heavy (non-hydrogen) atoms. The summed E-state index contributed by atoms with van der Waals surface area (Å²) in [7, 11) is -2.23. The Hall–Kier alpha value is -2.92. The van der Waals surface area contributed by atoms with Gasteiger partial charge in [0.25, 0.3) is 13.3 Å². The molecule has 1 unspecified atom stereocenters. The van der Waals surface area contributed by atoms with E-state index >= 15 is 0 Å². The van der Waals surface area contributed by atoms with Crippen LogP contribution in [0.2, 0.25) is 5.02 Å². The third-order valence-electron chi connectivity index (χ3n) is 5.59. The zero-order chi connectivity index (χ0) is 23.6. The Bertz CT molecular complexity index is 1350. The van der Waals surface area contributed by atoms with Crippen LogP contribution in [0.1, 0.15) is 41.4 Å². The number of aromatic amines is 1. The van der Waals surface area contributed by atoms with E-state index in [-0.39, 0.29) is 17.5 Å². The zero-order valence-corrected chi connectivity index (χ0v) is 20.3. The number of hydrogen-bond donors (Lipinski definition) is 2. The number of fused-ring (bicyclic) bond motifs is 1. The summed E-state index contributed by atoms with van der Waals surface area (Å²) in [6.07, 6.45) is 3.33. The molecular formula is C25H25ClN3O3P. The third-order valence-corrected chi connectivity index (χ3v) is 8.35. The Morgan fingerprint density at radius 2 is 1.91 bits per heavy atom. The summed E-state index contributed by atoms with van der Waals surface area (Å²) in [5.41, 5.74) is 2.78. The normalized spacial score (nSPS) is 13.2. The number of aromatic nitrogens is 2. The molecule has 0 saturated heterocycles. The Balaban J connectivity index is 1.85. The van der Waals surface area contributed by atoms with Crippen LogP contribution < -0.4 is 15.9 Å². The maximum Gasteiger partial charge on any atom is 0.268 e. The molecule has 0 aliphatic carbocycles. The molecule has 8 heteroatoms. The number of H-pyrrole nitrogens is 1. The number of amides is 1. The Kier molecular flexibility index (Phi) is 6.71. The minimum absolute atomic E-state index is 0.196. The molecule has 0 saturated carbocycles. The van der Waals surface area contributed by atoms with E-state index < -0.39 is 7.37 Å². The summed E-state index contributed by atoms with van der Waals surface area (Å²) >= 11 is 6.28. The molecule has 170 valence electrons. The smallest absolute Gasteiger partial charge is 0.268 e. The van der Waals surface area contributed by atoms with Crippen LogP contribution in [-0.2, 0) is 15.6 Å². The number of benzene rings is 2. The molecule has 4 rings (SSSR count). The lowest BCUT2D eigenvalue weighted by atomic mass is 10.0. The van der Waals surface area contributed by atoms with Crippen molar-refractivity contribution in [3.05, 3.63) is 88.8 Å². The molecule has 1 amide bonds. The predicted octanol–water partition coefficient (Wildman–Crippen LogP) is 5.15. The van der Waals surface area contributed by atoms with Gasteiger partial charge in [0, 0.05) is 47.3 Å². The standard InChI is InChI=1S/C25H25ClN3O3P/c1-16(2)18-5-4-6-20(13-18)33(31,32-3)24-21-14-19(26)7-8-22(21)29-23(24)25(30)28-15-17-9-11-27-12-10-17/h4-14,16,29H,15H2,1-3H3,(H,28,30). The second kappa shape index (κ2) is 9.52. The predicted molar refractivity (Wildman–Crippen MR) is 133 cm³/mol. The first-order valence-corrected chi connectivity index (χ1v) is 12.6. The van der Waals surface area contributed by atoms with Crippen molar-refractivity contribution >= 4 is 46.4 Å². The zero-order valence-electron chi connectivity index (χ0n) is 18.6. The van der Waals surface area contributed by atoms with Crippen LogP contribution >= 0.6 is 19.0 Å². The van der Waals surface area contributed by atoms with Crippen molar-refractivity contribution in [3.8, 4) is 0 Å². The highest BCUT2D eigenvalue weighted by Crippen LogP contribution is 2.47. The van der Waals surface area contributed by atoms with Crippen LogP contribution in [0.15, 0.2) is 67.0 Å². The summed E-state index contributed by atoms with van der Waals surface area (Å²) in [6.45, 7) is 4.44. The second-order valence-electron chi connectivity index (χ2n) is 8.06. The quantitative estimate of drug-likeness (QED) is 0.358. The molecule has 2 aromatic heterocycles. The van der Waals surface area contributed by atoms with E-state index in [9.17, 15) is 9.36 Å². The van der Waals surface area contributed by atoms with E-state index in [1.165, 1.54) is 7.11 Å². The number of halogens is 1. The first kappa shape index (κ1) is 23.2. The lowest BCUT2D eigenvalue weighted by Crippen LogP contribution is -2.30. The third kappa shape index (κ3) is 4.60. The molecule has 2 N–H and O–H groups in total. The second-order valence-corrected chi connectivity index (χ2v) is 10.9. The highest BCUT2D eigenvalue weighted by molar-refractivity contribution is 7.75. The van der Waals surface area contributed by atoms with Crippen LogP contribution in [-0.4, -0.2) is 23.0 Å². The minimum atomic E-state index is -3.64. The van der Waals surface area contributed by atoms with Gasteiger partial charge in [0.15, 0.2) is 0 Å². The van der Waals surface area contributed by atoms with Gasteiger partial charge >= 0.3 is 0 Å². The molecule has 0 aliphatic rings. The average molecular weight is 482 g/mol. The van der Waals surface area contributed by atoms with E-state index in [0.29, 0.717) is 33.1 Å². The van der Waals surface area contributed by atoms with Crippen molar-refractivity contribution in [1.82, 2.24) is 15.3 Å². The number of carbonyl (C=O) groups excluding carboxylic acids is 1. The summed E-state index contributed by atoms with van der Waals surface area (Å²) < 4.78 is 20.2. The lowest BCUT2D eigenvalue weighted by molar-refractivity contribution is 0.0947. The van der Waals surface area contributed by atoms with Crippen molar-refractivity contribution in [2.24, 2.45) is 0 Å². The molecule has 1 atom stereocenters. The Morgan fingerprint density at radius 3 is 2.61 bits per heavy atom. The highest BCUT2D eigenvalue weighted by Gasteiger charge is 2.36. The number of hydrogen-bond acceptors (Lipinski definition) is 4. The van der Waals surface area contributed by atoms with E-state index in [1.807, 2.05) is 30.3 Å². The number of nitrogens with zero attached hydrogens (tertiary/aromatic N) is 1. The molecule has 0 fully saturated rings. The van der Waals surface area contributed by atoms with Crippen molar-refractivity contribution in [2.75, 3.05) is 7.11 Å². The summed E-state index contributed by atoms with van der Waals surface area (Å²) in [6, 6.07) is 16.4. The number of carbonyl (C=O) groups is 1. The maximum absolute atomic E-state index is 14.5. The van der Waals surface area contributed by atoms with E-state index in [1.54, 1.807) is 36.7 Å². The van der Waals surface area contributed by atoms with Crippen LogP contribution in [0.25, 0.3) is 10.9 Å². The Labute approximate surface area is 197 Å². The van der Waals surface area contributed by atoms with Crippen LogP contribution in [0.5, 0.6) is 0 Å². The summed E-state index contributed by atoms with van der Waals surface area (Å²) in [5, 5.41) is 4.82. The van der Waals surface area contributed by atoms with Crippen molar-refractivity contribution < 1.29 is 13.9 Å². The van der Waals surface area contributed by atoms with Gasteiger partial charge < -0.3 is 14.8 Å². The van der Waals surface area contributed by atoms with Crippen LogP contribution in [0, 0.1) is 0 Å². The molecular weight excluding hydrogens is 457 g/mol. The molecule has 6 nitrogen and oxygen atoms in total. The van der Waals surface area contributed by atoms with E-state index in [0.717, 1.165) is 11.1 Å². The van der Waals surface area contributed by atoms with Gasteiger partial charge in [-0.3, -0.25) is 14.3 Å². The topological polar surface area (TPSA) is 84.1 Å². The number of pyridine rings is 1. The van der Waals surface area contributed by atoms with Gasteiger partial charge in [-0.25, -0.2) is 0 Å². The fraction of sp³-hybridized carbons (Fsp3) is 0.200. The largest absolute Gasteiger partial charge is 0.350 e. The van der Waals surface area contributed by atoms with Gasteiger partial charge in [0.2, 0.25) is 0 Å². The fourth-order valence-corrected chi connectivity index (χ4v) is 6.16. The highest BCUT2D eigenvalue weighted by atomic mass is 35.5. The lowest BCUT2D eigenvalue weighted by Gasteiger charge is -2.19. The maximum atomic E-state index is 14.5. The van der Waals surface area contributed by atoms with E-state index in [4.69, 9.17) is 16.1 Å². The monoisotopic (exact) mass is 481 g/mol. The molecule has 2 heterocycles. The van der Waals surface area contributed by atoms with Crippen molar-refractivity contribution in [3.63, 3.8) is 0 Å². The van der Waals surface area contributed by atoms with Crippen molar-refractivity contribution in [1.29, 1.82) is 0 Å². The summed E-state index contributed by atoms with van der Waals surface area (Å²) in [4.78, 5) is 20.4. The van der Waals surface area contributed by atoms with Gasteiger partial charge in [0.05, 0.1) is 5.30 Å². The van der Waals surface area contributed by atoms with Gasteiger partial charge in [-0.1, -0.05) is 37.6 Å². The SMILES string of the molecule is COP(=O)(c1cccc(C(C)C)c1)c1c(C(=O)NCc2ccncc2)[nH]c2ccc(Cl)cc12. The number of nitrogens with one attached hydrogen (secondary N) is 2. The van der Waals surface area contributed by atoms with Crippen LogP contribution in [0.3, 0.4) is 0 Å². The molecule has 0 bridgehead atoms. The van der Waals surface area contributed by atoms with Crippen LogP contribution in [0.4, 0.5) is 0 Å². The molecule has 0 spiro atoms. The number of rotatable bonds is 7.